The quantitative estimate of drug-likeness (QED) is 0.781. The Kier molecular flexibility index (Phi) is 3.73. The maximum Gasteiger partial charge on any atom is 0.207 e. The number of amides is 1. The molecule has 138 valence electrons. The summed E-state index contributed by atoms with van der Waals surface area (Å²) in [5, 5.41) is 2.84. The summed E-state index contributed by atoms with van der Waals surface area (Å²) >= 11 is 0. The van der Waals surface area contributed by atoms with Crippen LogP contribution in [0.25, 0.3) is 0 Å². The summed E-state index contributed by atoms with van der Waals surface area (Å²) in [4.78, 5) is 36.3. The van der Waals surface area contributed by atoms with Crippen molar-refractivity contribution in [2.24, 2.45) is 34.5 Å². The molecule has 0 aromatic heterocycles. The van der Waals surface area contributed by atoms with E-state index in [0.29, 0.717) is 42.3 Å². The summed E-state index contributed by atoms with van der Waals surface area (Å²) in [6, 6.07) is 0. The molecule has 4 saturated carbocycles. The molecule has 0 aliphatic heterocycles. The Labute approximate surface area is 150 Å². The second-order valence-electron chi connectivity index (χ2n) is 9.97. The van der Waals surface area contributed by atoms with Crippen LogP contribution >= 0.6 is 0 Å². The van der Waals surface area contributed by atoms with Gasteiger partial charge in [0.1, 0.15) is 5.78 Å². The van der Waals surface area contributed by atoms with Gasteiger partial charge in [-0.25, -0.2) is 0 Å². The van der Waals surface area contributed by atoms with Crippen LogP contribution in [0, 0.1) is 34.5 Å². The number of hydrogen-bond acceptors (Lipinski definition) is 3. The average molecular weight is 345 g/mol. The molecular formula is C21H31NO3. The lowest BCUT2D eigenvalue weighted by Gasteiger charge is -2.61. The van der Waals surface area contributed by atoms with Crippen LogP contribution in [0.5, 0.6) is 0 Å². The van der Waals surface area contributed by atoms with Gasteiger partial charge in [-0.2, -0.15) is 0 Å². The molecule has 25 heavy (non-hydrogen) atoms. The molecular weight excluding hydrogens is 314 g/mol. The minimum Gasteiger partial charge on any atom is -0.346 e. The van der Waals surface area contributed by atoms with Crippen molar-refractivity contribution in [1.29, 1.82) is 0 Å². The lowest BCUT2D eigenvalue weighted by atomic mass is 9.43. The van der Waals surface area contributed by atoms with Gasteiger partial charge in [0.05, 0.1) is 5.54 Å². The first-order valence-corrected chi connectivity index (χ1v) is 10.0. The van der Waals surface area contributed by atoms with E-state index in [-0.39, 0.29) is 16.6 Å². The van der Waals surface area contributed by atoms with Gasteiger partial charge in [0, 0.05) is 18.3 Å². The maximum absolute atomic E-state index is 12.7. The normalized spacial score (nSPS) is 52.1. The number of Topliss-reactive ketones (excluding diaryl/α,β-unsaturated/α-hetero) is 2. The third-order valence-corrected chi connectivity index (χ3v) is 8.93. The van der Waals surface area contributed by atoms with Crippen LogP contribution in [0.1, 0.15) is 72.1 Å². The lowest BCUT2D eigenvalue weighted by Crippen LogP contribution is -2.62. The first-order valence-electron chi connectivity index (χ1n) is 10.0. The number of nitrogens with one attached hydrogen (secondary N) is 1. The minimum absolute atomic E-state index is 0.0918. The molecule has 0 heterocycles. The monoisotopic (exact) mass is 345 g/mol. The van der Waals surface area contributed by atoms with Crippen molar-refractivity contribution < 1.29 is 14.4 Å². The second kappa shape index (κ2) is 5.40. The van der Waals surface area contributed by atoms with Crippen LogP contribution in [-0.2, 0) is 14.4 Å². The summed E-state index contributed by atoms with van der Waals surface area (Å²) in [5.74, 6) is 2.83. The number of carbonyl (C=O) groups is 3. The van der Waals surface area contributed by atoms with Crippen LogP contribution in [0.4, 0.5) is 0 Å². The zero-order chi connectivity index (χ0) is 18.0. The third-order valence-electron chi connectivity index (χ3n) is 8.93. The highest BCUT2D eigenvalue weighted by molar-refractivity contribution is 5.91. The Bertz CT molecular complexity index is 631. The van der Waals surface area contributed by atoms with Gasteiger partial charge in [-0.15, -0.1) is 0 Å². The van der Waals surface area contributed by atoms with E-state index in [4.69, 9.17) is 0 Å². The molecule has 4 aliphatic rings. The molecule has 2 unspecified atom stereocenters. The Morgan fingerprint density at radius 3 is 2.48 bits per heavy atom. The molecule has 4 aliphatic carbocycles. The summed E-state index contributed by atoms with van der Waals surface area (Å²) in [6.07, 6.45) is 8.22. The van der Waals surface area contributed by atoms with Crippen molar-refractivity contribution in [3.05, 3.63) is 0 Å². The van der Waals surface area contributed by atoms with E-state index in [1.54, 1.807) is 0 Å². The van der Waals surface area contributed by atoms with Crippen molar-refractivity contribution in [1.82, 2.24) is 5.32 Å². The standard InChI is InChI=1S/C21H31NO3/c1-19-9-8-16-14(15(19)6-7-17(19)24)5-4-13-10-18(25)21(3,22-12-23)11-20(13,16)2/h12-16H,4-11H2,1-3H3,(H,22,23)/t13?,14-,15-,16-,19-,20-,21?/m0/s1. The van der Waals surface area contributed by atoms with Gasteiger partial charge in [-0.05, 0) is 74.5 Å². The van der Waals surface area contributed by atoms with Crippen LogP contribution in [0.2, 0.25) is 0 Å². The van der Waals surface area contributed by atoms with Crippen molar-refractivity contribution in [3.63, 3.8) is 0 Å². The summed E-state index contributed by atoms with van der Waals surface area (Å²) in [6.45, 7) is 6.48. The van der Waals surface area contributed by atoms with Gasteiger partial charge < -0.3 is 5.32 Å². The van der Waals surface area contributed by atoms with Gasteiger partial charge in [0.15, 0.2) is 5.78 Å². The van der Waals surface area contributed by atoms with E-state index in [9.17, 15) is 14.4 Å². The molecule has 0 radical (unpaired) electrons. The topological polar surface area (TPSA) is 63.2 Å². The smallest absolute Gasteiger partial charge is 0.207 e. The average Bonchev–Trinajstić information content (AvgIpc) is 2.85. The van der Waals surface area contributed by atoms with Crippen molar-refractivity contribution in [3.8, 4) is 0 Å². The van der Waals surface area contributed by atoms with Crippen LogP contribution < -0.4 is 5.32 Å². The number of rotatable bonds is 2. The fourth-order valence-corrected chi connectivity index (χ4v) is 7.49. The largest absolute Gasteiger partial charge is 0.346 e. The first kappa shape index (κ1) is 17.2. The summed E-state index contributed by atoms with van der Waals surface area (Å²) in [5.41, 5.74) is -0.727. The van der Waals surface area contributed by atoms with Gasteiger partial charge >= 0.3 is 0 Å². The predicted octanol–water partition coefficient (Wildman–Crippen LogP) is 3.28. The van der Waals surface area contributed by atoms with Gasteiger partial charge in [0.25, 0.3) is 0 Å². The molecule has 0 spiro atoms. The van der Waals surface area contributed by atoms with Crippen LogP contribution in [0.15, 0.2) is 0 Å². The first-order chi connectivity index (χ1) is 11.7. The van der Waals surface area contributed by atoms with Gasteiger partial charge in [-0.3, -0.25) is 14.4 Å². The van der Waals surface area contributed by atoms with Gasteiger partial charge in [-0.1, -0.05) is 13.8 Å². The van der Waals surface area contributed by atoms with Crippen LogP contribution in [0.3, 0.4) is 0 Å². The lowest BCUT2D eigenvalue weighted by molar-refractivity contribution is -0.154. The summed E-state index contributed by atoms with van der Waals surface area (Å²) in [7, 11) is 0. The SMILES string of the molecule is CC1(NC=O)C[C@@]2(C)C(CC[C@@H]3[C@@H]2CC[C@]2(C)C(=O)CC[C@@H]32)CC1=O. The Morgan fingerprint density at radius 1 is 1.00 bits per heavy atom. The molecule has 4 rings (SSSR count). The fourth-order valence-electron chi connectivity index (χ4n) is 7.49. The van der Waals surface area contributed by atoms with E-state index >= 15 is 0 Å². The Morgan fingerprint density at radius 2 is 1.76 bits per heavy atom. The van der Waals surface area contributed by atoms with Crippen LogP contribution in [-0.4, -0.2) is 23.5 Å². The third kappa shape index (κ3) is 2.21. The van der Waals surface area contributed by atoms with E-state index in [2.05, 4.69) is 19.2 Å². The number of carbonyl (C=O) groups excluding carboxylic acids is 3. The predicted molar refractivity (Wildman–Crippen MR) is 94.7 cm³/mol. The molecule has 0 aromatic rings. The molecule has 0 saturated heterocycles. The molecule has 7 atom stereocenters. The van der Waals surface area contributed by atoms with Crippen molar-refractivity contribution in [2.45, 2.75) is 77.7 Å². The van der Waals surface area contributed by atoms with E-state index in [1.807, 2.05) is 6.92 Å². The van der Waals surface area contributed by atoms with Gasteiger partial charge in [0.2, 0.25) is 6.41 Å². The molecule has 1 amide bonds. The number of hydrogen-bond donors (Lipinski definition) is 1. The van der Waals surface area contributed by atoms with Crippen molar-refractivity contribution >= 4 is 18.0 Å². The second-order valence-corrected chi connectivity index (χ2v) is 9.97. The Hall–Kier alpha value is -1.19. The Balaban J connectivity index is 1.67. The van der Waals surface area contributed by atoms with E-state index < -0.39 is 5.54 Å². The molecule has 0 aromatic carbocycles. The number of ketones is 2. The zero-order valence-corrected chi connectivity index (χ0v) is 15.8. The number of fused-ring (bicyclic) bond motifs is 5. The van der Waals surface area contributed by atoms with E-state index in [1.165, 1.54) is 6.42 Å². The van der Waals surface area contributed by atoms with E-state index in [0.717, 1.165) is 38.5 Å². The highest BCUT2D eigenvalue weighted by Gasteiger charge is 2.62. The highest BCUT2D eigenvalue weighted by Crippen LogP contribution is 2.65. The zero-order valence-electron chi connectivity index (χ0n) is 15.8. The fraction of sp³-hybridized carbons (Fsp3) is 0.857. The summed E-state index contributed by atoms with van der Waals surface area (Å²) < 4.78 is 0. The maximum atomic E-state index is 12.7. The molecule has 0 bridgehead atoms. The molecule has 4 nitrogen and oxygen atoms in total. The molecule has 4 fully saturated rings. The van der Waals surface area contributed by atoms with Crippen molar-refractivity contribution in [2.75, 3.05) is 0 Å². The minimum atomic E-state index is -0.721. The molecule has 4 heteroatoms. The highest BCUT2D eigenvalue weighted by atomic mass is 16.1. The molecule has 1 N–H and O–H groups in total.